The number of carbonyl (C=O) groups excluding carboxylic acids is 1. The van der Waals surface area contributed by atoms with Crippen molar-refractivity contribution in [2.75, 3.05) is 5.32 Å². The van der Waals surface area contributed by atoms with E-state index >= 15 is 0 Å². The third kappa shape index (κ3) is 2.95. The molecule has 0 saturated heterocycles. The van der Waals surface area contributed by atoms with E-state index < -0.39 is 0 Å². The number of nitrogens with one attached hydrogen (secondary N) is 1. The van der Waals surface area contributed by atoms with Gasteiger partial charge >= 0.3 is 0 Å². The number of benzene rings is 2. The van der Waals surface area contributed by atoms with Crippen molar-refractivity contribution in [3.63, 3.8) is 0 Å². The second kappa shape index (κ2) is 5.66. The van der Waals surface area contributed by atoms with Crippen molar-refractivity contribution in [3.8, 4) is 0 Å². The van der Waals surface area contributed by atoms with Gasteiger partial charge in [0.05, 0.1) is 17.1 Å². The van der Waals surface area contributed by atoms with Gasteiger partial charge in [0, 0.05) is 16.0 Å². The summed E-state index contributed by atoms with van der Waals surface area (Å²) < 4.78 is 0. The molecule has 1 amide bonds. The molecule has 0 radical (unpaired) electrons. The Hall–Kier alpha value is -2.20. The molecule has 1 N–H and O–H groups in total. The fraction of sp³-hybridized carbons (Fsp3) is 0.176. The number of hydrogen-bond donors (Lipinski definition) is 1. The van der Waals surface area contributed by atoms with Gasteiger partial charge in [-0.2, -0.15) is 0 Å². The second-order valence-corrected chi connectivity index (χ2v) is 6.28. The zero-order valence-electron chi connectivity index (χ0n) is 12.0. The lowest BCUT2D eigenvalue weighted by Gasteiger charge is -2.08. The second-order valence-electron chi connectivity index (χ2n) is 4.99. The molecule has 0 spiro atoms. The van der Waals surface area contributed by atoms with E-state index in [-0.39, 0.29) is 5.91 Å². The number of fused-ring (bicyclic) bond motifs is 1. The van der Waals surface area contributed by atoms with Crippen molar-refractivity contribution in [1.82, 2.24) is 4.98 Å². The average Bonchev–Trinajstić information content (AvgIpc) is 2.77. The number of amides is 1. The summed E-state index contributed by atoms with van der Waals surface area (Å²) >= 11 is 1.58. The molecule has 0 atom stereocenters. The van der Waals surface area contributed by atoms with E-state index in [0.29, 0.717) is 6.42 Å². The molecule has 0 aliphatic heterocycles. The van der Waals surface area contributed by atoms with E-state index in [1.54, 1.807) is 11.3 Å². The molecule has 3 nitrogen and oxygen atoms in total. The quantitative estimate of drug-likeness (QED) is 0.791. The number of rotatable bonds is 3. The summed E-state index contributed by atoms with van der Waals surface area (Å²) in [5, 5.41) is 6.20. The number of carbonyl (C=O) groups is 1. The van der Waals surface area contributed by atoms with Crippen LogP contribution in [0, 0.1) is 13.8 Å². The first-order chi connectivity index (χ1) is 10.1. The zero-order chi connectivity index (χ0) is 14.8. The van der Waals surface area contributed by atoms with Gasteiger partial charge in [-0.1, -0.05) is 36.4 Å². The minimum atomic E-state index is -0.00176. The molecule has 0 unspecified atom stereocenters. The van der Waals surface area contributed by atoms with Crippen molar-refractivity contribution in [1.29, 1.82) is 0 Å². The van der Waals surface area contributed by atoms with E-state index in [4.69, 9.17) is 0 Å². The van der Waals surface area contributed by atoms with Crippen molar-refractivity contribution in [2.24, 2.45) is 0 Å². The van der Waals surface area contributed by atoms with E-state index in [2.05, 4.69) is 10.3 Å². The minimum Gasteiger partial charge on any atom is -0.325 e. The van der Waals surface area contributed by atoms with Crippen LogP contribution in [-0.4, -0.2) is 10.9 Å². The molecular formula is C17H16N2OS. The van der Waals surface area contributed by atoms with Crippen molar-refractivity contribution >= 4 is 33.7 Å². The molecular weight excluding hydrogens is 280 g/mol. The van der Waals surface area contributed by atoms with Crippen LogP contribution in [0.15, 0.2) is 42.5 Å². The van der Waals surface area contributed by atoms with Gasteiger partial charge in [-0.3, -0.25) is 4.79 Å². The summed E-state index contributed by atoms with van der Waals surface area (Å²) in [5.41, 5.74) is 1.81. The predicted molar refractivity (Wildman–Crippen MR) is 87.9 cm³/mol. The summed E-state index contributed by atoms with van der Waals surface area (Å²) in [6, 6.07) is 14.0. The third-order valence-corrected chi connectivity index (χ3v) is 4.46. The van der Waals surface area contributed by atoms with Gasteiger partial charge in [0.25, 0.3) is 0 Å². The maximum Gasteiger partial charge on any atom is 0.229 e. The molecule has 0 bridgehead atoms. The van der Waals surface area contributed by atoms with Crippen molar-refractivity contribution in [3.05, 3.63) is 58.0 Å². The average molecular weight is 296 g/mol. The molecule has 2 aromatic carbocycles. The molecule has 21 heavy (non-hydrogen) atoms. The van der Waals surface area contributed by atoms with Crippen LogP contribution in [0.3, 0.4) is 0 Å². The van der Waals surface area contributed by atoms with Gasteiger partial charge in [-0.25, -0.2) is 4.98 Å². The Balaban J connectivity index is 1.82. The number of anilines is 1. The zero-order valence-corrected chi connectivity index (χ0v) is 12.8. The van der Waals surface area contributed by atoms with Crippen LogP contribution in [0.25, 0.3) is 10.8 Å². The van der Waals surface area contributed by atoms with E-state index in [1.165, 1.54) is 0 Å². The van der Waals surface area contributed by atoms with E-state index in [9.17, 15) is 4.79 Å². The summed E-state index contributed by atoms with van der Waals surface area (Å²) in [6.07, 6.45) is 0.376. The maximum absolute atomic E-state index is 12.3. The first-order valence-corrected chi connectivity index (χ1v) is 7.65. The highest BCUT2D eigenvalue weighted by Crippen LogP contribution is 2.24. The summed E-state index contributed by atoms with van der Waals surface area (Å²) in [7, 11) is 0. The number of thiazole rings is 1. The van der Waals surface area contributed by atoms with E-state index in [1.807, 2.05) is 56.3 Å². The Bertz CT molecular complexity index is 802. The van der Waals surface area contributed by atoms with Gasteiger partial charge in [-0.15, -0.1) is 11.3 Å². The molecule has 0 aliphatic carbocycles. The van der Waals surface area contributed by atoms with Crippen LogP contribution in [0.2, 0.25) is 0 Å². The Morgan fingerprint density at radius 1 is 1.14 bits per heavy atom. The predicted octanol–water partition coefficient (Wildman–Crippen LogP) is 4.09. The SMILES string of the molecule is Cc1nc(C)c(CC(=O)Nc2cccc3ccccc23)s1. The van der Waals surface area contributed by atoms with Crippen molar-refractivity contribution < 1.29 is 4.79 Å². The number of aromatic nitrogens is 1. The van der Waals surface area contributed by atoms with Crippen LogP contribution in [-0.2, 0) is 11.2 Å². The molecule has 1 aromatic heterocycles. The number of nitrogens with zero attached hydrogens (tertiary/aromatic N) is 1. The Kier molecular flexibility index (Phi) is 3.71. The van der Waals surface area contributed by atoms with Gasteiger partial charge in [-0.05, 0) is 25.3 Å². The first-order valence-electron chi connectivity index (χ1n) is 6.84. The molecule has 0 fully saturated rings. The van der Waals surface area contributed by atoms with Crippen LogP contribution in [0.5, 0.6) is 0 Å². The largest absolute Gasteiger partial charge is 0.325 e. The Labute approximate surface area is 127 Å². The summed E-state index contributed by atoms with van der Waals surface area (Å²) in [6.45, 7) is 3.91. The molecule has 1 heterocycles. The molecule has 3 aromatic rings. The van der Waals surface area contributed by atoms with Gasteiger partial charge in [0.1, 0.15) is 0 Å². The molecule has 106 valence electrons. The van der Waals surface area contributed by atoms with Gasteiger partial charge < -0.3 is 5.32 Å². The third-order valence-electron chi connectivity index (χ3n) is 3.38. The highest BCUT2D eigenvalue weighted by atomic mass is 32.1. The lowest BCUT2D eigenvalue weighted by Crippen LogP contribution is -2.14. The van der Waals surface area contributed by atoms with Crippen LogP contribution in [0.4, 0.5) is 5.69 Å². The fourth-order valence-electron chi connectivity index (χ4n) is 2.41. The fourth-order valence-corrected chi connectivity index (χ4v) is 3.35. The highest BCUT2D eigenvalue weighted by Gasteiger charge is 2.11. The summed E-state index contributed by atoms with van der Waals surface area (Å²) in [5.74, 6) is -0.00176. The lowest BCUT2D eigenvalue weighted by molar-refractivity contribution is -0.115. The smallest absolute Gasteiger partial charge is 0.229 e. The Morgan fingerprint density at radius 2 is 1.90 bits per heavy atom. The lowest BCUT2D eigenvalue weighted by atomic mass is 10.1. The Morgan fingerprint density at radius 3 is 2.67 bits per heavy atom. The van der Waals surface area contributed by atoms with Gasteiger partial charge in [0.2, 0.25) is 5.91 Å². The first kappa shape index (κ1) is 13.8. The standard InChI is InChI=1S/C17H16N2OS/c1-11-16(21-12(2)18-11)10-17(20)19-15-9-5-7-13-6-3-4-8-14(13)15/h3-9H,10H2,1-2H3,(H,19,20). The highest BCUT2D eigenvalue weighted by molar-refractivity contribution is 7.11. The minimum absolute atomic E-state index is 0.00176. The van der Waals surface area contributed by atoms with Crippen LogP contribution in [0.1, 0.15) is 15.6 Å². The molecule has 4 heteroatoms. The normalized spacial score (nSPS) is 10.8. The van der Waals surface area contributed by atoms with Crippen molar-refractivity contribution in [2.45, 2.75) is 20.3 Å². The molecule has 3 rings (SSSR count). The maximum atomic E-state index is 12.3. The van der Waals surface area contributed by atoms with Gasteiger partial charge in [0.15, 0.2) is 0 Å². The number of aryl methyl sites for hydroxylation is 2. The monoisotopic (exact) mass is 296 g/mol. The van der Waals surface area contributed by atoms with Crippen LogP contribution >= 0.6 is 11.3 Å². The van der Waals surface area contributed by atoms with E-state index in [0.717, 1.165) is 32.0 Å². The topological polar surface area (TPSA) is 42.0 Å². The van der Waals surface area contributed by atoms with Crippen LogP contribution < -0.4 is 5.32 Å². The molecule has 0 aliphatic rings. The number of hydrogen-bond acceptors (Lipinski definition) is 3. The molecule has 0 saturated carbocycles. The summed E-state index contributed by atoms with van der Waals surface area (Å²) in [4.78, 5) is 17.6.